The predicted molar refractivity (Wildman–Crippen MR) is 95.2 cm³/mol. The summed E-state index contributed by atoms with van der Waals surface area (Å²) in [6.07, 6.45) is 4.78. The fourth-order valence-electron chi connectivity index (χ4n) is 2.46. The Morgan fingerprint density at radius 3 is 2.35 bits per heavy atom. The van der Waals surface area contributed by atoms with E-state index in [2.05, 4.69) is 16.4 Å². The van der Waals surface area contributed by atoms with Crippen LogP contribution < -0.4 is 11.1 Å². The second kappa shape index (κ2) is 6.75. The zero-order valence-electron chi connectivity index (χ0n) is 12.6. The predicted octanol–water partition coefficient (Wildman–Crippen LogP) is 3.26. The van der Waals surface area contributed by atoms with Gasteiger partial charge in [0.1, 0.15) is 5.84 Å². The molecule has 1 atom stereocenters. The van der Waals surface area contributed by atoms with Gasteiger partial charge < -0.3 is 16.5 Å². The van der Waals surface area contributed by atoms with Crippen molar-refractivity contribution in [2.45, 2.75) is 6.04 Å². The topological polar surface area (TPSA) is 74.3 Å². The van der Waals surface area contributed by atoms with Crippen LogP contribution in [-0.2, 0) is 0 Å². The van der Waals surface area contributed by atoms with Gasteiger partial charge in [0.15, 0.2) is 0 Å². The summed E-state index contributed by atoms with van der Waals surface area (Å²) >= 11 is 0. The van der Waals surface area contributed by atoms with Gasteiger partial charge in [0.25, 0.3) is 0 Å². The number of aliphatic imine (C=N–C) groups is 1. The van der Waals surface area contributed by atoms with Gasteiger partial charge in [-0.15, -0.1) is 0 Å². The molecule has 0 saturated heterocycles. The number of nitrogens with one attached hydrogen (secondary N) is 2. The number of rotatable bonds is 4. The van der Waals surface area contributed by atoms with Crippen LogP contribution in [0.5, 0.6) is 0 Å². The molecule has 4 heteroatoms. The molecule has 4 nitrogen and oxygen atoms in total. The van der Waals surface area contributed by atoms with Gasteiger partial charge in [-0.2, -0.15) is 0 Å². The largest absolute Gasteiger partial charge is 0.396 e. The Kier molecular flexibility index (Phi) is 4.34. The molecule has 0 aliphatic carbocycles. The molecule has 4 N–H and O–H groups in total. The number of benzene rings is 2. The molecule has 2 aromatic rings. The van der Waals surface area contributed by atoms with Crippen LogP contribution in [0.1, 0.15) is 17.2 Å². The summed E-state index contributed by atoms with van der Waals surface area (Å²) in [5, 5.41) is 10.5. The van der Waals surface area contributed by atoms with Gasteiger partial charge in [-0.05, 0) is 23.3 Å². The molecular weight excluding hydrogens is 284 g/mol. The highest BCUT2D eigenvalue weighted by atomic mass is 15.1. The van der Waals surface area contributed by atoms with Crippen molar-refractivity contribution in [2.75, 3.05) is 0 Å². The third kappa shape index (κ3) is 3.37. The van der Waals surface area contributed by atoms with Crippen LogP contribution in [0.3, 0.4) is 0 Å². The van der Waals surface area contributed by atoms with Crippen molar-refractivity contribution in [1.29, 1.82) is 5.41 Å². The molecule has 0 spiro atoms. The summed E-state index contributed by atoms with van der Waals surface area (Å²) < 4.78 is 0. The van der Waals surface area contributed by atoms with Gasteiger partial charge in [0, 0.05) is 11.9 Å². The van der Waals surface area contributed by atoms with Crippen molar-refractivity contribution in [2.24, 2.45) is 10.7 Å². The minimum absolute atomic E-state index is 0.111. The molecule has 0 aromatic heterocycles. The van der Waals surface area contributed by atoms with Crippen LogP contribution in [-0.4, -0.2) is 12.1 Å². The molecule has 0 amide bonds. The maximum atomic E-state index is 7.20. The molecule has 3 rings (SSSR count). The molecular formula is C19H18N4. The van der Waals surface area contributed by atoms with Crippen molar-refractivity contribution >= 4 is 17.7 Å². The van der Waals surface area contributed by atoms with Crippen LogP contribution in [0.15, 0.2) is 83.5 Å². The Bertz CT molecular complexity index is 774. The summed E-state index contributed by atoms with van der Waals surface area (Å²) in [5.41, 5.74) is 9.61. The SMILES string of the molecule is N=CC=C(N)C1=NC(c2ccccc2)C=C(c2ccccc2)N1. The zero-order chi connectivity index (χ0) is 16.1. The van der Waals surface area contributed by atoms with E-state index >= 15 is 0 Å². The monoisotopic (exact) mass is 302 g/mol. The average Bonchev–Trinajstić information content (AvgIpc) is 2.63. The summed E-state index contributed by atoms with van der Waals surface area (Å²) in [6.45, 7) is 0. The van der Waals surface area contributed by atoms with Gasteiger partial charge >= 0.3 is 0 Å². The van der Waals surface area contributed by atoms with Crippen molar-refractivity contribution in [3.05, 3.63) is 89.6 Å². The Balaban J connectivity index is 2.03. The van der Waals surface area contributed by atoms with Crippen LogP contribution in [0.4, 0.5) is 0 Å². The molecule has 114 valence electrons. The highest BCUT2D eigenvalue weighted by molar-refractivity contribution is 6.05. The number of amidine groups is 1. The number of hydrogen-bond acceptors (Lipinski definition) is 4. The summed E-state index contributed by atoms with van der Waals surface area (Å²) in [6, 6.07) is 20.0. The first kappa shape index (κ1) is 14.8. The number of nitrogens with two attached hydrogens (primary N) is 1. The molecule has 2 aromatic carbocycles. The highest BCUT2D eigenvalue weighted by Crippen LogP contribution is 2.27. The fourth-order valence-corrected chi connectivity index (χ4v) is 2.46. The molecule has 0 bridgehead atoms. The van der Waals surface area contributed by atoms with Crippen molar-refractivity contribution in [1.82, 2.24) is 5.32 Å². The van der Waals surface area contributed by atoms with E-state index in [9.17, 15) is 0 Å². The number of nitrogens with zero attached hydrogens (tertiary/aromatic N) is 1. The first-order valence-electron chi connectivity index (χ1n) is 7.41. The number of allylic oxidation sites excluding steroid dienone is 1. The van der Waals surface area contributed by atoms with Crippen molar-refractivity contribution in [3.63, 3.8) is 0 Å². The normalized spacial score (nSPS) is 17.7. The van der Waals surface area contributed by atoms with Crippen LogP contribution in [0, 0.1) is 5.41 Å². The quantitative estimate of drug-likeness (QED) is 0.758. The second-order valence-corrected chi connectivity index (χ2v) is 5.19. The second-order valence-electron chi connectivity index (χ2n) is 5.19. The van der Waals surface area contributed by atoms with E-state index in [1.807, 2.05) is 60.7 Å². The Labute approximate surface area is 135 Å². The molecule has 0 radical (unpaired) electrons. The van der Waals surface area contributed by atoms with Crippen LogP contribution in [0.25, 0.3) is 5.70 Å². The third-order valence-corrected chi connectivity index (χ3v) is 3.61. The zero-order valence-corrected chi connectivity index (χ0v) is 12.6. The minimum atomic E-state index is -0.111. The fraction of sp³-hybridized carbons (Fsp3) is 0.0526. The summed E-state index contributed by atoms with van der Waals surface area (Å²) in [5.74, 6) is 0.587. The lowest BCUT2D eigenvalue weighted by Gasteiger charge is -2.23. The average molecular weight is 302 g/mol. The molecule has 1 heterocycles. The number of hydrogen-bond donors (Lipinski definition) is 3. The smallest absolute Gasteiger partial charge is 0.149 e. The Morgan fingerprint density at radius 1 is 1.04 bits per heavy atom. The van der Waals surface area contributed by atoms with Gasteiger partial charge in [-0.1, -0.05) is 60.7 Å². The highest BCUT2D eigenvalue weighted by Gasteiger charge is 2.18. The van der Waals surface area contributed by atoms with E-state index in [1.165, 1.54) is 6.08 Å². The van der Waals surface area contributed by atoms with Gasteiger partial charge in [0.2, 0.25) is 0 Å². The molecule has 1 aliphatic heterocycles. The van der Waals surface area contributed by atoms with Crippen molar-refractivity contribution in [3.8, 4) is 0 Å². The van der Waals surface area contributed by atoms with Crippen LogP contribution in [0.2, 0.25) is 0 Å². The van der Waals surface area contributed by atoms with Gasteiger partial charge in [-0.3, -0.25) is 4.99 Å². The maximum Gasteiger partial charge on any atom is 0.149 e. The summed E-state index contributed by atoms with van der Waals surface area (Å²) in [4.78, 5) is 4.68. The molecule has 0 saturated carbocycles. The lowest BCUT2D eigenvalue weighted by Crippen LogP contribution is -2.31. The minimum Gasteiger partial charge on any atom is -0.396 e. The standard InChI is InChI=1S/C19H18N4/c20-12-11-16(21)19-22-17(14-7-3-1-4-8-14)13-18(23-19)15-9-5-2-6-10-15/h1-13,17,20H,21H2,(H,22,23). The Morgan fingerprint density at radius 2 is 1.70 bits per heavy atom. The Hall–Kier alpha value is -3.14. The van der Waals surface area contributed by atoms with Crippen molar-refractivity contribution < 1.29 is 0 Å². The third-order valence-electron chi connectivity index (χ3n) is 3.61. The van der Waals surface area contributed by atoms with Gasteiger partial charge in [0.05, 0.1) is 11.7 Å². The van der Waals surface area contributed by atoms with E-state index in [-0.39, 0.29) is 6.04 Å². The summed E-state index contributed by atoms with van der Waals surface area (Å²) in [7, 11) is 0. The maximum absolute atomic E-state index is 7.20. The first-order chi connectivity index (χ1) is 11.3. The lowest BCUT2D eigenvalue weighted by atomic mass is 10.0. The molecule has 1 aliphatic rings. The van der Waals surface area contributed by atoms with E-state index in [0.29, 0.717) is 11.5 Å². The molecule has 0 fully saturated rings. The van der Waals surface area contributed by atoms with Crippen LogP contribution >= 0.6 is 0 Å². The van der Waals surface area contributed by atoms with E-state index in [0.717, 1.165) is 23.0 Å². The van der Waals surface area contributed by atoms with E-state index in [1.54, 1.807) is 0 Å². The van der Waals surface area contributed by atoms with E-state index < -0.39 is 0 Å². The molecule has 23 heavy (non-hydrogen) atoms. The van der Waals surface area contributed by atoms with Gasteiger partial charge in [-0.25, -0.2) is 0 Å². The first-order valence-corrected chi connectivity index (χ1v) is 7.41. The van der Waals surface area contributed by atoms with E-state index in [4.69, 9.17) is 11.1 Å². The lowest BCUT2D eigenvalue weighted by molar-refractivity contribution is 0.878. The molecule has 1 unspecified atom stereocenters.